The van der Waals surface area contributed by atoms with E-state index in [1.54, 1.807) is 24.3 Å². The maximum absolute atomic E-state index is 13.2. The van der Waals surface area contributed by atoms with E-state index >= 15 is 0 Å². The highest BCUT2D eigenvalue weighted by molar-refractivity contribution is 5.96. The molecule has 3 aromatic rings. The standard InChI is InChI=1S/C23H23N3O4/c24-22(29)16-10-12-26(13-11-16)14-19(27)25-23-20(15-6-2-1-3-7-15)21(28)17-8-4-5-9-18(17)30-23/h1-9,16H,10-14H2,(H2,24,29)(H,25,27)/p+1. The first-order valence-corrected chi connectivity index (χ1v) is 10.1. The summed E-state index contributed by atoms with van der Waals surface area (Å²) in [6.45, 7) is 1.64. The number of nitrogens with one attached hydrogen (secondary N) is 2. The van der Waals surface area contributed by atoms with Crippen molar-refractivity contribution < 1.29 is 18.9 Å². The van der Waals surface area contributed by atoms with E-state index < -0.39 is 0 Å². The number of nitrogens with two attached hydrogens (primary N) is 1. The van der Waals surface area contributed by atoms with Gasteiger partial charge in [-0.15, -0.1) is 0 Å². The van der Waals surface area contributed by atoms with Gasteiger partial charge in [-0.2, -0.15) is 0 Å². The van der Waals surface area contributed by atoms with Crippen LogP contribution in [-0.4, -0.2) is 31.4 Å². The lowest BCUT2D eigenvalue weighted by molar-refractivity contribution is -0.897. The number of anilines is 1. The van der Waals surface area contributed by atoms with Gasteiger partial charge in [-0.3, -0.25) is 19.7 Å². The zero-order chi connectivity index (χ0) is 21.1. The predicted molar refractivity (Wildman–Crippen MR) is 114 cm³/mol. The van der Waals surface area contributed by atoms with E-state index in [9.17, 15) is 14.4 Å². The van der Waals surface area contributed by atoms with E-state index in [-0.39, 0.29) is 35.6 Å². The van der Waals surface area contributed by atoms with Gasteiger partial charge in [-0.1, -0.05) is 42.5 Å². The summed E-state index contributed by atoms with van der Waals surface area (Å²) in [6, 6.07) is 16.2. The molecule has 0 aliphatic carbocycles. The lowest BCUT2D eigenvalue weighted by Gasteiger charge is -2.27. The van der Waals surface area contributed by atoms with Crippen LogP contribution in [0.25, 0.3) is 22.1 Å². The van der Waals surface area contributed by atoms with E-state index in [2.05, 4.69) is 5.32 Å². The highest BCUT2D eigenvalue weighted by Gasteiger charge is 2.27. The first-order valence-electron chi connectivity index (χ1n) is 10.1. The van der Waals surface area contributed by atoms with Crippen molar-refractivity contribution in [2.45, 2.75) is 12.8 Å². The number of rotatable bonds is 5. The molecule has 0 atom stereocenters. The van der Waals surface area contributed by atoms with Gasteiger partial charge in [0.1, 0.15) is 5.58 Å². The predicted octanol–water partition coefficient (Wildman–Crippen LogP) is 1.18. The molecule has 30 heavy (non-hydrogen) atoms. The summed E-state index contributed by atoms with van der Waals surface area (Å²) in [5.41, 5.74) is 6.63. The Bertz CT molecular complexity index is 1130. The van der Waals surface area contributed by atoms with Gasteiger partial charge in [0.15, 0.2) is 6.54 Å². The molecule has 0 unspecified atom stereocenters. The topological polar surface area (TPSA) is 107 Å². The number of carbonyl (C=O) groups excluding carboxylic acids is 2. The van der Waals surface area contributed by atoms with Crippen LogP contribution in [0.2, 0.25) is 0 Å². The van der Waals surface area contributed by atoms with Gasteiger partial charge in [0, 0.05) is 18.8 Å². The average Bonchev–Trinajstić information content (AvgIpc) is 2.75. The van der Waals surface area contributed by atoms with E-state index in [1.165, 1.54) is 0 Å². The first kappa shape index (κ1) is 19.8. The highest BCUT2D eigenvalue weighted by Crippen LogP contribution is 2.28. The average molecular weight is 406 g/mol. The van der Waals surface area contributed by atoms with Gasteiger partial charge in [0.2, 0.25) is 17.2 Å². The first-order chi connectivity index (χ1) is 14.5. The summed E-state index contributed by atoms with van der Waals surface area (Å²) in [4.78, 5) is 38.3. The van der Waals surface area contributed by atoms with Crippen molar-refractivity contribution in [3.63, 3.8) is 0 Å². The fourth-order valence-electron chi connectivity index (χ4n) is 3.98. The SMILES string of the molecule is NC(=O)C1CC[NH+](CC(=O)Nc2oc3ccccc3c(=O)c2-c2ccccc2)CC1. The molecule has 7 nitrogen and oxygen atoms in total. The van der Waals surface area contributed by atoms with Crippen LogP contribution < -0.4 is 21.4 Å². The van der Waals surface area contributed by atoms with Crippen molar-refractivity contribution in [3.8, 4) is 11.1 Å². The molecular formula is C23H24N3O4+. The number of hydrogen-bond donors (Lipinski definition) is 3. The zero-order valence-corrected chi connectivity index (χ0v) is 16.5. The summed E-state index contributed by atoms with van der Waals surface area (Å²) >= 11 is 0. The number of primary amides is 1. The summed E-state index contributed by atoms with van der Waals surface area (Å²) in [6.07, 6.45) is 1.36. The van der Waals surface area contributed by atoms with Crippen molar-refractivity contribution >= 4 is 28.7 Å². The molecule has 1 aliphatic rings. The number of amides is 2. The molecule has 7 heteroatoms. The van der Waals surface area contributed by atoms with Crippen molar-refractivity contribution in [1.29, 1.82) is 0 Å². The molecule has 4 N–H and O–H groups in total. The minimum absolute atomic E-state index is 0.111. The van der Waals surface area contributed by atoms with Crippen molar-refractivity contribution in [2.75, 3.05) is 25.0 Å². The molecule has 0 saturated carbocycles. The lowest BCUT2D eigenvalue weighted by Crippen LogP contribution is -3.14. The Labute approximate surface area is 173 Å². The van der Waals surface area contributed by atoms with Crippen molar-refractivity contribution in [1.82, 2.24) is 0 Å². The molecule has 0 bridgehead atoms. The second-order valence-electron chi connectivity index (χ2n) is 7.65. The van der Waals surface area contributed by atoms with Gasteiger partial charge in [-0.25, -0.2) is 0 Å². The van der Waals surface area contributed by atoms with Crippen LogP contribution in [0.5, 0.6) is 0 Å². The maximum Gasteiger partial charge on any atom is 0.281 e. The Morgan fingerprint density at radius 1 is 1.03 bits per heavy atom. The number of quaternary nitrogens is 1. The minimum atomic E-state index is -0.274. The van der Waals surface area contributed by atoms with Crippen LogP contribution in [0.1, 0.15) is 12.8 Å². The third-order valence-electron chi connectivity index (χ3n) is 5.62. The largest absolute Gasteiger partial charge is 0.439 e. The van der Waals surface area contributed by atoms with Gasteiger partial charge >= 0.3 is 0 Å². The molecule has 0 radical (unpaired) electrons. The Hall–Kier alpha value is -3.45. The number of hydrogen-bond acceptors (Lipinski definition) is 4. The third-order valence-corrected chi connectivity index (χ3v) is 5.62. The summed E-state index contributed by atoms with van der Waals surface area (Å²) < 4.78 is 5.93. The zero-order valence-electron chi connectivity index (χ0n) is 16.5. The molecule has 1 aromatic heterocycles. The van der Waals surface area contributed by atoms with E-state index in [1.807, 2.05) is 30.3 Å². The quantitative estimate of drug-likeness (QED) is 0.591. The Morgan fingerprint density at radius 3 is 2.40 bits per heavy atom. The summed E-state index contributed by atoms with van der Waals surface area (Å²) in [7, 11) is 0. The van der Waals surface area contributed by atoms with Crippen LogP contribution in [0, 0.1) is 5.92 Å². The Kier molecular flexibility index (Phi) is 5.63. The Balaban J connectivity index is 1.60. The highest BCUT2D eigenvalue weighted by atomic mass is 16.4. The third kappa shape index (κ3) is 4.11. The van der Waals surface area contributed by atoms with Crippen LogP contribution >= 0.6 is 0 Å². The van der Waals surface area contributed by atoms with E-state index in [0.29, 0.717) is 48.0 Å². The summed E-state index contributed by atoms with van der Waals surface area (Å²) in [5.74, 6) is -0.469. The fraction of sp³-hybridized carbons (Fsp3) is 0.261. The van der Waals surface area contributed by atoms with E-state index in [0.717, 1.165) is 4.90 Å². The van der Waals surface area contributed by atoms with Gasteiger partial charge < -0.3 is 15.1 Å². The molecule has 0 spiro atoms. The molecule has 1 fully saturated rings. The van der Waals surface area contributed by atoms with Crippen LogP contribution in [-0.2, 0) is 9.59 Å². The van der Waals surface area contributed by atoms with Gasteiger partial charge in [-0.05, 0) is 17.7 Å². The van der Waals surface area contributed by atoms with Crippen molar-refractivity contribution in [3.05, 3.63) is 64.8 Å². The van der Waals surface area contributed by atoms with Crippen LogP contribution in [0.3, 0.4) is 0 Å². The van der Waals surface area contributed by atoms with Crippen LogP contribution in [0.4, 0.5) is 5.88 Å². The Morgan fingerprint density at radius 2 is 1.70 bits per heavy atom. The fourth-order valence-corrected chi connectivity index (χ4v) is 3.98. The number of piperidine rings is 1. The number of para-hydroxylation sites is 1. The number of benzene rings is 2. The molecule has 2 amide bonds. The van der Waals surface area contributed by atoms with Crippen molar-refractivity contribution in [2.24, 2.45) is 11.7 Å². The second-order valence-corrected chi connectivity index (χ2v) is 7.65. The molecule has 1 aliphatic heterocycles. The molecule has 1 saturated heterocycles. The molecule has 2 aromatic carbocycles. The number of likely N-dealkylation sites (tertiary alicyclic amines) is 1. The summed E-state index contributed by atoms with van der Waals surface area (Å²) in [5, 5.41) is 3.27. The molecule has 154 valence electrons. The smallest absolute Gasteiger partial charge is 0.281 e. The minimum Gasteiger partial charge on any atom is -0.439 e. The lowest BCUT2D eigenvalue weighted by atomic mass is 9.96. The number of carbonyl (C=O) groups is 2. The number of fused-ring (bicyclic) bond motifs is 1. The van der Waals surface area contributed by atoms with Gasteiger partial charge in [0.25, 0.3) is 5.91 Å². The maximum atomic E-state index is 13.2. The monoisotopic (exact) mass is 406 g/mol. The van der Waals surface area contributed by atoms with Gasteiger partial charge in [0.05, 0.1) is 24.0 Å². The second kappa shape index (κ2) is 8.51. The van der Waals surface area contributed by atoms with Crippen LogP contribution in [0.15, 0.2) is 63.8 Å². The molecule has 2 heterocycles. The normalized spacial score (nSPS) is 18.8. The van der Waals surface area contributed by atoms with E-state index in [4.69, 9.17) is 10.2 Å². The molecular weight excluding hydrogens is 382 g/mol. The molecule has 4 rings (SSSR count).